The van der Waals surface area contributed by atoms with Crippen molar-refractivity contribution < 1.29 is 32.6 Å². The van der Waals surface area contributed by atoms with Gasteiger partial charge in [0.1, 0.15) is 0 Å². The predicted octanol–water partition coefficient (Wildman–Crippen LogP) is 2.39. The lowest BCUT2D eigenvalue weighted by Gasteiger charge is -2.30. The third-order valence-corrected chi connectivity index (χ3v) is 6.23. The summed E-state index contributed by atoms with van der Waals surface area (Å²) < 4.78 is 45.9. The summed E-state index contributed by atoms with van der Waals surface area (Å²) in [5.41, 5.74) is -3.85. The van der Waals surface area contributed by atoms with Crippen LogP contribution < -0.4 is 4.90 Å². The molecule has 2 bridgehead atoms. The fourth-order valence-electron chi connectivity index (χ4n) is 5.06. The van der Waals surface area contributed by atoms with E-state index in [1.807, 2.05) is 0 Å². The van der Waals surface area contributed by atoms with Crippen LogP contribution in [0.4, 0.5) is 18.9 Å². The van der Waals surface area contributed by atoms with E-state index in [1.54, 1.807) is 6.92 Å². The number of imide groups is 1. The maximum Gasteiger partial charge on any atom is 0.417 e. The van der Waals surface area contributed by atoms with Crippen LogP contribution in [0.25, 0.3) is 0 Å². The first-order valence-corrected chi connectivity index (χ1v) is 8.88. The Hall–Kier alpha value is -2.44. The van der Waals surface area contributed by atoms with E-state index in [0.29, 0.717) is 18.9 Å². The van der Waals surface area contributed by atoms with Crippen molar-refractivity contribution in [2.45, 2.75) is 43.6 Å². The van der Waals surface area contributed by atoms with Gasteiger partial charge in [-0.1, -0.05) is 0 Å². The first-order chi connectivity index (χ1) is 13.1. The molecule has 3 aliphatic rings. The number of benzene rings is 1. The first kappa shape index (κ1) is 18.9. The quantitative estimate of drug-likeness (QED) is 0.795. The number of nitrogens with zero attached hydrogens (tertiary/aromatic N) is 2. The molecule has 2 unspecified atom stereocenters. The Morgan fingerprint density at radius 3 is 2.57 bits per heavy atom. The lowest BCUT2D eigenvalue weighted by atomic mass is 9.67. The molecule has 3 fully saturated rings. The summed E-state index contributed by atoms with van der Waals surface area (Å²) in [6.07, 6.45) is -3.59. The minimum absolute atomic E-state index is 0.178. The Labute approximate surface area is 158 Å². The summed E-state index contributed by atoms with van der Waals surface area (Å²) >= 11 is 0. The number of halogens is 3. The highest BCUT2D eigenvalue weighted by atomic mass is 19.4. The van der Waals surface area contributed by atoms with Crippen LogP contribution in [0.5, 0.6) is 0 Å². The monoisotopic (exact) mass is 394 g/mol. The van der Waals surface area contributed by atoms with E-state index < -0.39 is 52.2 Å². The Morgan fingerprint density at radius 2 is 1.96 bits per heavy atom. The van der Waals surface area contributed by atoms with Crippen molar-refractivity contribution in [2.75, 3.05) is 11.5 Å². The molecule has 2 amide bonds. The van der Waals surface area contributed by atoms with Crippen LogP contribution in [0.2, 0.25) is 0 Å². The Balaban J connectivity index is 1.79. The summed E-state index contributed by atoms with van der Waals surface area (Å²) in [5, 5.41) is 18.4. The van der Waals surface area contributed by atoms with Gasteiger partial charge in [0, 0.05) is 13.0 Å². The first-order valence-electron chi connectivity index (χ1n) is 8.88. The fraction of sp³-hybridized carbons (Fsp3) is 0.526. The van der Waals surface area contributed by atoms with Crippen LogP contribution in [0.1, 0.15) is 37.3 Å². The van der Waals surface area contributed by atoms with Gasteiger partial charge in [0.25, 0.3) is 0 Å². The Morgan fingerprint density at radius 1 is 1.29 bits per heavy atom. The van der Waals surface area contributed by atoms with Crippen molar-refractivity contribution in [3.05, 3.63) is 29.3 Å². The fourth-order valence-corrected chi connectivity index (χ4v) is 5.06. The SMILES string of the molecule is CC12CCC(CCO)(O1)[C@@H]1C(=O)N(c3ccc(C#N)c(C(F)(F)F)c3)C(=O)[C@@H]12. The molecule has 6 nitrogen and oxygen atoms in total. The molecule has 9 heteroatoms. The number of rotatable bonds is 3. The van der Waals surface area contributed by atoms with Gasteiger partial charge in [-0.2, -0.15) is 18.4 Å². The maximum atomic E-state index is 13.3. The van der Waals surface area contributed by atoms with E-state index >= 15 is 0 Å². The van der Waals surface area contributed by atoms with Gasteiger partial charge in [-0.05, 0) is 38.0 Å². The normalized spacial score (nSPS) is 34.1. The number of ether oxygens (including phenoxy) is 1. The van der Waals surface area contributed by atoms with E-state index in [2.05, 4.69) is 0 Å². The molecule has 1 aromatic carbocycles. The van der Waals surface area contributed by atoms with Crippen LogP contribution in [-0.4, -0.2) is 34.7 Å². The highest BCUT2D eigenvalue weighted by molar-refractivity contribution is 6.23. The molecule has 148 valence electrons. The van der Waals surface area contributed by atoms with Gasteiger partial charge in [-0.15, -0.1) is 0 Å². The molecule has 3 heterocycles. The molecule has 4 rings (SSSR count). The van der Waals surface area contributed by atoms with Crippen molar-refractivity contribution in [1.29, 1.82) is 5.26 Å². The van der Waals surface area contributed by atoms with Gasteiger partial charge in [0.15, 0.2) is 0 Å². The Kier molecular flexibility index (Phi) is 3.90. The second-order valence-corrected chi connectivity index (χ2v) is 7.76. The van der Waals surface area contributed by atoms with E-state index in [0.717, 1.165) is 11.0 Å². The van der Waals surface area contributed by atoms with Crippen LogP contribution in [-0.2, 0) is 20.5 Å². The largest absolute Gasteiger partial charge is 0.417 e. The van der Waals surface area contributed by atoms with E-state index in [1.165, 1.54) is 12.1 Å². The van der Waals surface area contributed by atoms with Gasteiger partial charge in [-0.3, -0.25) is 9.59 Å². The molecule has 4 atom stereocenters. The number of nitriles is 1. The number of hydrogen-bond donors (Lipinski definition) is 1. The van der Waals surface area contributed by atoms with E-state index in [4.69, 9.17) is 10.00 Å². The number of aliphatic hydroxyl groups is 1. The number of carbonyl (C=O) groups is 2. The zero-order valence-electron chi connectivity index (χ0n) is 14.9. The number of alkyl halides is 3. The van der Waals surface area contributed by atoms with Gasteiger partial charge in [0.05, 0.1) is 45.9 Å². The zero-order valence-corrected chi connectivity index (χ0v) is 14.9. The van der Waals surface area contributed by atoms with Crippen LogP contribution in [0, 0.1) is 23.2 Å². The number of hydrogen-bond acceptors (Lipinski definition) is 5. The molecule has 0 aromatic heterocycles. The maximum absolute atomic E-state index is 13.3. The molecule has 3 aliphatic heterocycles. The third kappa shape index (κ3) is 2.34. The van der Waals surface area contributed by atoms with Gasteiger partial charge < -0.3 is 9.84 Å². The molecular formula is C19H17F3N2O4. The number of carbonyl (C=O) groups excluding carboxylic acids is 2. The third-order valence-electron chi connectivity index (χ3n) is 6.23. The highest BCUT2D eigenvalue weighted by Gasteiger charge is 2.73. The summed E-state index contributed by atoms with van der Waals surface area (Å²) in [5.74, 6) is -2.86. The average Bonchev–Trinajstić information content (AvgIpc) is 3.19. The predicted molar refractivity (Wildman–Crippen MR) is 88.8 cm³/mol. The summed E-state index contributed by atoms with van der Waals surface area (Å²) in [6, 6.07) is 4.28. The summed E-state index contributed by atoms with van der Waals surface area (Å²) in [4.78, 5) is 27.0. The molecular weight excluding hydrogens is 377 g/mol. The topological polar surface area (TPSA) is 90.6 Å². The molecule has 0 spiro atoms. The average molecular weight is 394 g/mol. The highest BCUT2D eigenvalue weighted by Crippen LogP contribution is 2.62. The van der Waals surface area contributed by atoms with E-state index in [-0.39, 0.29) is 18.7 Å². The summed E-state index contributed by atoms with van der Waals surface area (Å²) in [7, 11) is 0. The zero-order chi connectivity index (χ0) is 20.5. The lowest BCUT2D eigenvalue weighted by Crippen LogP contribution is -2.42. The van der Waals surface area contributed by atoms with Crippen LogP contribution >= 0.6 is 0 Å². The molecule has 3 saturated heterocycles. The van der Waals surface area contributed by atoms with Crippen LogP contribution in [0.3, 0.4) is 0 Å². The number of amides is 2. The molecule has 1 aromatic rings. The molecule has 28 heavy (non-hydrogen) atoms. The van der Waals surface area contributed by atoms with Gasteiger partial charge in [0.2, 0.25) is 11.8 Å². The second kappa shape index (κ2) is 5.78. The van der Waals surface area contributed by atoms with Crippen molar-refractivity contribution in [1.82, 2.24) is 0 Å². The Bertz CT molecular complexity index is 921. The van der Waals surface area contributed by atoms with Crippen LogP contribution in [0.15, 0.2) is 18.2 Å². The smallest absolute Gasteiger partial charge is 0.396 e. The van der Waals surface area contributed by atoms with Crippen molar-refractivity contribution in [3.63, 3.8) is 0 Å². The van der Waals surface area contributed by atoms with Crippen molar-refractivity contribution >= 4 is 17.5 Å². The molecule has 0 radical (unpaired) electrons. The second-order valence-electron chi connectivity index (χ2n) is 7.76. The summed E-state index contributed by atoms with van der Waals surface area (Å²) in [6.45, 7) is 1.50. The standard InChI is InChI=1S/C19H17F3N2O4/c1-17-4-5-18(28-17,6-7-25)14-13(17)15(26)24(16(14)27)11-3-2-10(9-23)12(8-11)19(20,21)22/h2-3,8,13-14,25H,4-7H2,1H3/t13-,14+,17?,18?/m1/s1. The minimum atomic E-state index is -4.80. The van der Waals surface area contributed by atoms with E-state index in [9.17, 15) is 27.9 Å². The van der Waals surface area contributed by atoms with Gasteiger partial charge in [-0.25, -0.2) is 4.90 Å². The van der Waals surface area contributed by atoms with Crippen molar-refractivity contribution in [3.8, 4) is 6.07 Å². The number of anilines is 1. The minimum Gasteiger partial charge on any atom is -0.396 e. The lowest BCUT2D eigenvalue weighted by molar-refractivity contribution is -0.138. The number of fused-ring (bicyclic) bond motifs is 5. The van der Waals surface area contributed by atoms with Gasteiger partial charge >= 0.3 is 6.18 Å². The van der Waals surface area contributed by atoms with Crippen molar-refractivity contribution in [2.24, 2.45) is 11.8 Å². The molecule has 0 aliphatic carbocycles. The molecule has 0 saturated carbocycles. The molecule has 1 N–H and O–H groups in total. The number of aliphatic hydroxyl groups excluding tert-OH is 1.